The smallest absolute Gasteiger partial charge is 0.168 e. The number of hydrogen-bond acceptors (Lipinski definition) is 3. The van der Waals surface area contributed by atoms with Crippen LogP contribution in [0.15, 0.2) is 35.1 Å². The first-order chi connectivity index (χ1) is 12.6. The number of aliphatic hydroxyl groups is 1. The fraction of sp³-hybridized carbons (Fsp3) is 0.316. The summed E-state index contributed by atoms with van der Waals surface area (Å²) in [6.07, 6.45) is 3.30. The predicted octanol–water partition coefficient (Wildman–Crippen LogP) is 5.94. The van der Waals surface area contributed by atoms with Crippen LogP contribution in [-0.2, 0) is 0 Å². The normalized spacial score (nSPS) is 9.15. The van der Waals surface area contributed by atoms with Crippen LogP contribution in [0, 0.1) is 11.6 Å². The summed E-state index contributed by atoms with van der Waals surface area (Å²) in [5, 5.41) is 7.75. The molecule has 0 atom stereocenters. The van der Waals surface area contributed by atoms with Gasteiger partial charge in [0.2, 0.25) is 0 Å². The van der Waals surface area contributed by atoms with Crippen LogP contribution >= 0.6 is 15.9 Å². The van der Waals surface area contributed by atoms with Gasteiger partial charge in [-0.25, -0.2) is 13.8 Å². The quantitative estimate of drug-likeness (QED) is 0.528. The molecule has 0 saturated heterocycles. The zero-order valence-electron chi connectivity index (χ0n) is 15.8. The largest absolute Gasteiger partial charge is 0.493 e. The average molecular weight is 431 g/mol. The van der Waals surface area contributed by atoms with Crippen LogP contribution in [0.1, 0.15) is 27.7 Å². The molecule has 2 N–H and O–H groups in total. The van der Waals surface area contributed by atoms with E-state index >= 15 is 0 Å². The summed E-state index contributed by atoms with van der Waals surface area (Å²) in [4.78, 5) is 7.17. The van der Waals surface area contributed by atoms with E-state index in [0.717, 1.165) is 23.0 Å². The SMILES string of the molecule is CC.CC.CO.COc1c(F)cc(F)cc1-c1c[nH]c2ncc(Br)cc12. The lowest BCUT2D eigenvalue weighted by Gasteiger charge is -2.09. The topological polar surface area (TPSA) is 58.1 Å². The third-order valence-corrected chi connectivity index (χ3v) is 3.43. The molecule has 3 rings (SSSR count). The van der Waals surface area contributed by atoms with Crippen LogP contribution in [0.2, 0.25) is 0 Å². The molecule has 26 heavy (non-hydrogen) atoms. The molecular formula is C19H25BrF2N2O2. The highest BCUT2D eigenvalue weighted by Crippen LogP contribution is 2.37. The molecule has 0 aliphatic heterocycles. The third-order valence-electron chi connectivity index (χ3n) is 3.00. The first-order valence-electron chi connectivity index (χ1n) is 8.21. The standard InChI is InChI=1S/C14H9BrF2N2O.2C2H6.CH4O/c1-20-13-9(3-8(16)4-12(13)17)11-6-19-14-10(11)2-7(15)5-18-14;3*1-2/h2-6H,1H3,(H,18,19);2*1-2H3;2H,1H3. The summed E-state index contributed by atoms with van der Waals surface area (Å²) < 4.78 is 33.1. The Morgan fingerprint density at radius 2 is 1.65 bits per heavy atom. The molecule has 0 spiro atoms. The van der Waals surface area contributed by atoms with Crippen LogP contribution in [0.3, 0.4) is 0 Å². The Labute approximate surface area is 161 Å². The molecule has 3 aromatic rings. The number of aromatic amines is 1. The van der Waals surface area contributed by atoms with Crippen molar-refractivity contribution in [3.05, 3.63) is 46.7 Å². The minimum Gasteiger partial charge on any atom is -0.493 e. The number of aromatic nitrogens is 2. The number of fused-ring (bicyclic) bond motifs is 1. The lowest BCUT2D eigenvalue weighted by Crippen LogP contribution is -1.93. The minimum absolute atomic E-state index is 0.00674. The Hall–Kier alpha value is -1.99. The lowest BCUT2D eigenvalue weighted by atomic mass is 10.0. The second kappa shape index (κ2) is 12.4. The number of nitrogens with zero attached hydrogens (tertiary/aromatic N) is 1. The first kappa shape index (κ1) is 24.0. The van der Waals surface area contributed by atoms with E-state index < -0.39 is 11.6 Å². The number of H-pyrrole nitrogens is 1. The van der Waals surface area contributed by atoms with Gasteiger partial charge in [-0.2, -0.15) is 0 Å². The fourth-order valence-electron chi connectivity index (χ4n) is 2.17. The Bertz CT molecular complexity index is 808. The fourth-order valence-corrected chi connectivity index (χ4v) is 2.50. The number of rotatable bonds is 2. The molecule has 7 heteroatoms. The van der Waals surface area contributed by atoms with Crippen LogP contribution in [0.4, 0.5) is 8.78 Å². The van der Waals surface area contributed by atoms with Crippen molar-refractivity contribution in [3.63, 3.8) is 0 Å². The maximum absolute atomic E-state index is 13.8. The number of hydrogen-bond donors (Lipinski definition) is 2. The highest BCUT2D eigenvalue weighted by Gasteiger charge is 2.17. The highest BCUT2D eigenvalue weighted by atomic mass is 79.9. The zero-order valence-corrected chi connectivity index (χ0v) is 17.4. The molecule has 0 unspecified atom stereocenters. The average Bonchev–Trinajstić information content (AvgIpc) is 3.09. The molecule has 0 radical (unpaired) electrons. The minimum atomic E-state index is -0.736. The molecule has 2 aromatic heterocycles. The summed E-state index contributed by atoms with van der Waals surface area (Å²) >= 11 is 3.33. The zero-order chi connectivity index (χ0) is 20.3. The summed E-state index contributed by atoms with van der Waals surface area (Å²) in [5.74, 6) is -1.39. The van der Waals surface area contributed by atoms with E-state index in [0.29, 0.717) is 16.8 Å². The molecule has 144 valence electrons. The van der Waals surface area contributed by atoms with Gasteiger partial charge < -0.3 is 14.8 Å². The van der Waals surface area contributed by atoms with Gasteiger partial charge in [-0.1, -0.05) is 27.7 Å². The first-order valence-corrected chi connectivity index (χ1v) is 9.00. The molecule has 2 heterocycles. The van der Waals surface area contributed by atoms with Crippen LogP contribution in [0.5, 0.6) is 5.75 Å². The van der Waals surface area contributed by atoms with Gasteiger partial charge in [0.15, 0.2) is 11.6 Å². The summed E-state index contributed by atoms with van der Waals surface area (Å²) in [5.41, 5.74) is 1.61. The van der Waals surface area contributed by atoms with Gasteiger partial charge in [0.1, 0.15) is 11.5 Å². The summed E-state index contributed by atoms with van der Waals surface area (Å²) in [6.45, 7) is 8.00. The molecule has 1 aromatic carbocycles. The molecule has 0 saturated carbocycles. The maximum atomic E-state index is 13.8. The highest BCUT2D eigenvalue weighted by molar-refractivity contribution is 9.10. The van der Waals surface area contributed by atoms with E-state index in [1.807, 2.05) is 33.8 Å². The number of halogens is 3. The van der Waals surface area contributed by atoms with Crippen molar-refractivity contribution in [2.45, 2.75) is 27.7 Å². The van der Waals surface area contributed by atoms with Crippen molar-refractivity contribution < 1.29 is 18.6 Å². The Balaban J connectivity index is 0.000000948. The number of methoxy groups -OCH3 is 1. The molecule has 4 nitrogen and oxygen atoms in total. The van der Waals surface area contributed by atoms with Gasteiger partial charge in [-0.15, -0.1) is 0 Å². The third kappa shape index (κ3) is 5.51. The molecule has 0 aliphatic rings. The van der Waals surface area contributed by atoms with E-state index in [-0.39, 0.29) is 5.75 Å². The van der Waals surface area contributed by atoms with Crippen molar-refractivity contribution in [2.24, 2.45) is 0 Å². The molecule has 0 amide bonds. The van der Waals surface area contributed by atoms with E-state index in [1.165, 1.54) is 13.2 Å². The number of ether oxygens (including phenoxy) is 1. The maximum Gasteiger partial charge on any atom is 0.168 e. The van der Waals surface area contributed by atoms with Gasteiger partial charge in [-0.3, -0.25) is 0 Å². The summed E-state index contributed by atoms with van der Waals surface area (Å²) in [7, 11) is 2.35. The van der Waals surface area contributed by atoms with Crippen molar-refractivity contribution in [2.75, 3.05) is 14.2 Å². The van der Waals surface area contributed by atoms with Gasteiger partial charge >= 0.3 is 0 Å². The van der Waals surface area contributed by atoms with E-state index in [1.54, 1.807) is 12.4 Å². The lowest BCUT2D eigenvalue weighted by molar-refractivity contribution is 0.386. The molecular weight excluding hydrogens is 406 g/mol. The van der Waals surface area contributed by atoms with Crippen LogP contribution in [0.25, 0.3) is 22.2 Å². The Morgan fingerprint density at radius 1 is 1.04 bits per heavy atom. The van der Waals surface area contributed by atoms with Gasteiger partial charge in [0.05, 0.1) is 7.11 Å². The van der Waals surface area contributed by atoms with Crippen molar-refractivity contribution >= 4 is 27.0 Å². The van der Waals surface area contributed by atoms with Crippen LogP contribution < -0.4 is 4.74 Å². The summed E-state index contributed by atoms with van der Waals surface area (Å²) in [6, 6.07) is 3.87. The second-order valence-corrected chi connectivity index (χ2v) is 5.14. The van der Waals surface area contributed by atoms with Gasteiger partial charge in [0.25, 0.3) is 0 Å². The molecule has 0 aliphatic carbocycles. The van der Waals surface area contributed by atoms with Crippen LogP contribution in [-0.4, -0.2) is 29.3 Å². The van der Waals surface area contributed by atoms with Gasteiger partial charge in [0, 0.05) is 46.6 Å². The second-order valence-electron chi connectivity index (χ2n) is 4.22. The number of aliphatic hydroxyl groups excluding tert-OH is 1. The van der Waals surface area contributed by atoms with E-state index in [9.17, 15) is 8.78 Å². The van der Waals surface area contributed by atoms with Crippen molar-refractivity contribution in [3.8, 4) is 16.9 Å². The van der Waals surface area contributed by atoms with Crippen molar-refractivity contribution in [1.29, 1.82) is 0 Å². The number of pyridine rings is 1. The predicted molar refractivity (Wildman–Crippen MR) is 107 cm³/mol. The van der Waals surface area contributed by atoms with E-state index in [4.69, 9.17) is 9.84 Å². The van der Waals surface area contributed by atoms with Gasteiger partial charge in [-0.05, 0) is 28.1 Å². The monoisotopic (exact) mass is 430 g/mol. The number of nitrogens with one attached hydrogen (secondary N) is 1. The number of benzene rings is 1. The Morgan fingerprint density at radius 3 is 2.23 bits per heavy atom. The van der Waals surface area contributed by atoms with Crippen molar-refractivity contribution in [1.82, 2.24) is 9.97 Å². The molecule has 0 bridgehead atoms. The van der Waals surface area contributed by atoms with E-state index in [2.05, 4.69) is 25.9 Å². The Kier molecular flexibility index (Phi) is 11.4. The molecule has 0 fully saturated rings.